The fraction of sp³-hybridized carbons (Fsp3) is 0.136. The van der Waals surface area contributed by atoms with Gasteiger partial charge in [-0.15, -0.1) is 0 Å². The van der Waals surface area contributed by atoms with Gasteiger partial charge in [0.05, 0.1) is 22.3 Å². The largest absolute Gasteiger partial charge is 0.501 e. The Morgan fingerprint density at radius 1 is 0.846 bits per heavy atom. The Kier molecular flexibility index (Phi) is 6.61. The topological polar surface area (TPSA) is 93.4 Å². The van der Waals surface area contributed by atoms with E-state index in [1.54, 1.807) is 0 Å². The monoisotopic (exact) mass is 582 g/mol. The van der Waals surface area contributed by atoms with E-state index in [1.165, 1.54) is 0 Å². The molecule has 0 saturated heterocycles. The maximum atomic E-state index is 13.8. The molecule has 0 atom stereocenters. The molecule has 39 heavy (non-hydrogen) atoms. The van der Waals surface area contributed by atoms with Crippen LogP contribution in [0.15, 0.2) is 65.7 Å². The van der Waals surface area contributed by atoms with Crippen molar-refractivity contribution in [2.75, 3.05) is 5.32 Å². The van der Waals surface area contributed by atoms with Crippen molar-refractivity contribution in [2.24, 2.45) is 0 Å². The third-order valence-corrected chi connectivity index (χ3v) is 6.71. The summed E-state index contributed by atoms with van der Waals surface area (Å²) in [5.41, 5.74) is -10.5. The van der Waals surface area contributed by atoms with Crippen molar-refractivity contribution in [1.29, 1.82) is 0 Å². The molecule has 2 aromatic carbocycles. The quantitative estimate of drug-likeness (QED) is 0.299. The molecule has 4 rings (SSSR count). The number of rotatable bonds is 4. The molecular weight excluding hydrogens is 571 g/mol. The van der Waals surface area contributed by atoms with Gasteiger partial charge < -0.3 is 5.32 Å². The molecule has 0 spiro atoms. The molecule has 0 unspecified atom stereocenters. The molecule has 0 aliphatic carbocycles. The van der Waals surface area contributed by atoms with Gasteiger partial charge in [0, 0.05) is 11.3 Å². The van der Waals surface area contributed by atoms with E-state index in [4.69, 9.17) is 0 Å². The number of nitrogens with one attached hydrogen (secondary N) is 1. The van der Waals surface area contributed by atoms with Gasteiger partial charge in [0.25, 0.3) is 15.7 Å². The van der Waals surface area contributed by atoms with Crippen LogP contribution in [0.3, 0.4) is 0 Å². The number of aromatic nitrogens is 3. The Bertz CT molecular complexity index is 1670. The number of nitrogens with zero attached hydrogens (tertiary/aromatic N) is 3. The van der Waals surface area contributed by atoms with Gasteiger partial charge in [-0.05, 0) is 36.4 Å². The fourth-order valence-corrected chi connectivity index (χ4v) is 4.18. The second kappa shape index (κ2) is 9.25. The van der Waals surface area contributed by atoms with Gasteiger partial charge in [-0.3, -0.25) is 4.79 Å². The zero-order chi connectivity index (χ0) is 29.0. The van der Waals surface area contributed by atoms with Crippen molar-refractivity contribution in [1.82, 2.24) is 14.6 Å². The highest BCUT2D eigenvalue weighted by atomic mass is 32.2. The predicted octanol–water partition coefficient (Wildman–Crippen LogP) is 5.98. The van der Waals surface area contributed by atoms with Crippen molar-refractivity contribution < 1.29 is 52.7 Å². The second-order valence-corrected chi connectivity index (χ2v) is 9.77. The van der Waals surface area contributed by atoms with Crippen molar-refractivity contribution in [3.05, 3.63) is 77.6 Å². The van der Waals surface area contributed by atoms with Gasteiger partial charge >= 0.3 is 17.9 Å². The highest BCUT2D eigenvalue weighted by Crippen LogP contribution is 2.35. The first-order valence-electron chi connectivity index (χ1n) is 10.3. The van der Waals surface area contributed by atoms with Crippen molar-refractivity contribution in [3.8, 4) is 11.3 Å². The molecule has 17 heteroatoms. The maximum Gasteiger partial charge on any atom is 0.501 e. The van der Waals surface area contributed by atoms with Crippen LogP contribution in [0.1, 0.15) is 21.6 Å². The van der Waals surface area contributed by atoms with Crippen molar-refractivity contribution in [3.63, 3.8) is 0 Å². The van der Waals surface area contributed by atoms with E-state index >= 15 is 0 Å². The summed E-state index contributed by atoms with van der Waals surface area (Å²) in [5, 5.41) is 5.57. The highest BCUT2D eigenvalue weighted by Gasteiger charge is 2.47. The Labute approximate surface area is 211 Å². The zero-order valence-electron chi connectivity index (χ0n) is 18.6. The normalized spacial score (nSPS) is 13.1. The third-order valence-electron chi connectivity index (χ3n) is 5.22. The maximum absolute atomic E-state index is 13.8. The summed E-state index contributed by atoms with van der Waals surface area (Å²) >= 11 is 0. The van der Waals surface area contributed by atoms with E-state index in [0.29, 0.717) is 36.5 Å². The van der Waals surface area contributed by atoms with Crippen LogP contribution in [0.4, 0.5) is 45.2 Å². The lowest BCUT2D eigenvalue weighted by molar-refractivity contribution is -0.142. The van der Waals surface area contributed by atoms with E-state index in [2.05, 4.69) is 15.4 Å². The molecular formula is C22H11F9N4O3S. The SMILES string of the molecule is O=C(Nc1cccc(S(=O)(=O)C(F)(F)F)c1)c1cnn2c(C(F)(F)F)cc(-c3ccc(C(F)(F)F)cc3)nc12. The molecule has 0 radical (unpaired) electrons. The predicted molar refractivity (Wildman–Crippen MR) is 116 cm³/mol. The van der Waals surface area contributed by atoms with Crippen molar-refractivity contribution >= 4 is 27.1 Å². The molecule has 2 aromatic heterocycles. The van der Waals surface area contributed by atoms with Gasteiger partial charge in [-0.2, -0.15) is 44.6 Å². The molecule has 1 amide bonds. The average Bonchev–Trinajstić information content (AvgIpc) is 3.26. The van der Waals surface area contributed by atoms with Crippen LogP contribution in [0.2, 0.25) is 0 Å². The lowest BCUT2D eigenvalue weighted by Crippen LogP contribution is -2.23. The first-order valence-corrected chi connectivity index (χ1v) is 11.7. The molecule has 7 nitrogen and oxygen atoms in total. The number of sulfone groups is 1. The molecule has 4 aromatic rings. The first-order chi connectivity index (χ1) is 17.9. The third kappa shape index (κ3) is 5.39. The lowest BCUT2D eigenvalue weighted by Gasteiger charge is -2.13. The molecule has 0 aliphatic heterocycles. The van der Waals surface area contributed by atoms with Crippen LogP contribution in [0, 0.1) is 0 Å². The Hall–Kier alpha value is -4.15. The first kappa shape index (κ1) is 27.9. The average molecular weight is 582 g/mol. The van der Waals surface area contributed by atoms with Gasteiger partial charge in [-0.25, -0.2) is 17.9 Å². The number of fused-ring (bicyclic) bond motifs is 1. The number of amides is 1. The van der Waals surface area contributed by atoms with E-state index in [1.807, 2.05) is 0 Å². The molecule has 2 heterocycles. The number of alkyl halides is 9. The minimum atomic E-state index is -5.77. The van der Waals surface area contributed by atoms with Gasteiger partial charge in [0.1, 0.15) is 5.56 Å². The Balaban J connectivity index is 1.77. The van der Waals surface area contributed by atoms with Gasteiger partial charge in [0.15, 0.2) is 11.3 Å². The number of carbonyl (C=O) groups excluding carboxylic acids is 1. The summed E-state index contributed by atoms with van der Waals surface area (Å²) in [6.07, 6.45) is -9.08. The zero-order valence-corrected chi connectivity index (χ0v) is 19.5. The highest BCUT2D eigenvalue weighted by molar-refractivity contribution is 7.92. The Morgan fingerprint density at radius 2 is 1.49 bits per heavy atom. The van der Waals surface area contributed by atoms with E-state index in [0.717, 1.165) is 24.3 Å². The van der Waals surface area contributed by atoms with Crippen LogP contribution >= 0.6 is 0 Å². The fourth-order valence-electron chi connectivity index (χ4n) is 3.38. The van der Waals surface area contributed by atoms with E-state index in [-0.39, 0.29) is 10.1 Å². The van der Waals surface area contributed by atoms with Crippen LogP contribution in [0.5, 0.6) is 0 Å². The molecule has 206 valence electrons. The lowest BCUT2D eigenvalue weighted by atomic mass is 10.1. The van der Waals surface area contributed by atoms with Crippen molar-refractivity contribution in [2.45, 2.75) is 22.8 Å². The van der Waals surface area contributed by atoms with Gasteiger partial charge in [0.2, 0.25) is 0 Å². The number of benzene rings is 2. The van der Waals surface area contributed by atoms with Crippen LogP contribution in [-0.4, -0.2) is 34.4 Å². The summed E-state index contributed by atoms with van der Waals surface area (Å²) in [4.78, 5) is 15.6. The number of anilines is 1. The number of hydrogen-bond donors (Lipinski definition) is 1. The molecule has 1 N–H and O–H groups in total. The molecule has 0 fully saturated rings. The summed E-state index contributed by atoms with van der Waals surface area (Å²) in [5.74, 6) is -1.21. The van der Waals surface area contributed by atoms with Crippen LogP contribution < -0.4 is 5.32 Å². The number of carbonyl (C=O) groups is 1. The standard InChI is InChI=1S/C22H11F9N4O3S/c23-20(24,25)12-6-4-11(5-7-12)16-9-17(21(26,27)28)35-18(34-16)15(10-32-35)19(36)33-13-2-1-3-14(8-13)39(37,38)22(29,30)31/h1-10H,(H,33,36). The summed E-state index contributed by atoms with van der Waals surface area (Å²) in [6, 6.07) is 6.57. The molecule has 0 saturated carbocycles. The minimum absolute atomic E-state index is 0.159. The van der Waals surface area contributed by atoms with E-state index in [9.17, 15) is 52.7 Å². The Morgan fingerprint density at radius 3 is 2.05 bits per heavy atom. The molecule has 0 bridgehead atoms. The summed E-state index contributed by atoms with van der Waals surface area (Å²) in [7, 11) is -5.77. The molecule has 0 aliphatic rings. The number of hydrogen-bond acceptors (Lipinski definition) is 5. The summed E-state index contributed by atoms with van der Waals surface area (Å²) in [6.45, 7) is 0. The number of halogens is 9. The van der Waals surface area contributed by atoms with Crippen LogP contribution in [-0.2, 0) is 22.2 Å². The second-order valence-electron chi connectivity index (χ2n) is 7.82. The smallest absolute Gasteiger partial charge is 0.322 e. The van der Waals surface area contributed by atoms with Crippen LogP contribution in [0.25, 0.3) is 16.9 Å². The van der Waals surface area contributed by atoms with E-state index < -0.39 is 72.4 Å². The van der Waals surface area contributed by atoms with Gasteiger partial charge in [-0.1, -0.05) is 18.2 Å². The minimum Gasteiger partial charge on any atom is -0.322 e. The summed E-state index contributed by atoms with van der Waals surface area (Å²) < 4.78 is 142.